The maximum Gasteiger partial charge on any atom is 0.227 e. The smallest absolute Gasteiger partial charge is 0.227 e. The third-order valence-corrected chi connectivity index (χ3v) is 8.45. The Morgan fingerprint density at radius 1 is 1.03 bits per heavy atom. The Bertz CT molecular complexity index is 1180. The van der Waals surface area contributed by atoms with Gasteiger partial charge in [0.15, 0.2) is 0 Å². The molecule has 2 aromatic carbocycles. The Morgan fingerprint density at radius 2 is 1.74 bits per heavy atom. The van der Waals surface area contributed by atoms with Crippen molar-refractivity contribution in [1.29, 1.82) is 5.26 Å². The summed E-state index contributed by atoms with van der Waals surface area (Å²) in [5, 5.41) is 8.92. The van der Waals surface area contributed by atoms with E-state index in [0.29, 0.717) is 18.7 Å². The minimum Gasteiger partial charge on any atom is -0.368 e. The highest BCUT2D eigenvalue weighted by Crippen LogP contribution is 2.26. The number of hydrogen-bond acceptors (Lipinski definition) is 6. The molecule has 0 radical (unpaired) electrons. The first kappa shape index (κ1) is 24.2. The van der Waals surface area contributed by atoms with Crippen LogP contribution in [0.15, 0.2) is 42.5 Å². The normalized spacial score (nSPS) is 16.9. The molecule has 8 nitrogen and oxygen atoms in total. The molecule has 2 aliphatic rings. The number of anilines is 1. The zero-order valence-electron chi connectivity index (χ0n) is 19.8. The number of carbonyl (C=O) groups excluding carboxylic acids is 1. The third kappa shape index (κ3) is 5.58. The van der Waals surface area contributed by atoms with Gasteiger partial charge in [-0.2, -0.15) is 9.57 Å². The summed E-state index contributed by atoms with van der Waals surface area (Å²) in [5.41, 5.74) is 5.02. The minimum atomic E-state index is -3.46. The van der Waals surface area contributed by atoms with Crippen LogP contribution in [0.1, 0.15) is 29.2 Å². The second-order valence-electron chi connectivity index (χ2n) is 9.05. The van der Waals surface area contributed by atoms with Crippen LogP contribution in [0.4, 0.5) is 5.69 Å². The number of piperazine rings is 1. The lowest BCUT2D eigenvalue weighted by Crippen LogP contribution is -2.48. The summed E-state index contributed by atoms with van der Waals surface area (Å²) in [6.07, 6.45) is 0.811. The molecular formula is C25H31N5O3S. The molecule has 0 atom stereocenters. The molecule has 2 aliphatic heterocycles. The molecule has 0 aromatic heterocycles. The lowest BCUT2D eigenvalue weighted by Gasteiger charge is -2.36. The fourth-order valence-corrected chi connectivity index (χ4v) is 5.78. The van der Waals surface area contributed by atoms with Crippen LogP contribution < -0.4 is 4.90 Å². The minimum absolute atomic E-state index is 0.0199. The van der Waals surface area contributed by atoms with Crippen molar-refractivity contribution in [2.75, 3.05) is 50.5 Å². The molecule has 180 valence electrons. The van der Waals surface area contributed by atoms with Gasteiger partial charge in [-0.15, -0.1) is 0 Å². The van der Waals surface area contributed by atoms with Crippen molar-refractivity contribution in [2.24, 2.45) is 0 Å². The highest BCUT2D eigenvalue weighted by atomic mass is 32.2. The predicted molar refractivity (Wildman–Crippen MR) is 131 cm³/mol. The van der Waals surface area contributed by atoms with Gasteiger partial charge in [-0.25, -0.2) is 8.42 Å². The second-order valence-corrected chi connectivity index (χ2v) is 11.1. The molecule has 2 aromatic rings. The molecule has 0 spiro atoms. The summed E-state index contributed by atoms with van der Waals surface area (Å²) >= 11 is 0. The van der Waals surface area contributed by atoms with Gasteiger partial charge < -0.3 is 9.80 Å². The van der Waals surface area contributed by atoms with Crippen molar-refractivity contribution in [1.82, 2.24) is 14.1 Å². The molecule has 34 heavy (non-hydrogen) atoms. The van der Waals surface area contributed by atoms with E-state index in [-0.39, 0.29) is 18.3 Å². The van der Waals surface area contributed by atoms with Crippen LogP contribution >= 0.6 is 0 Å². The van der Waals surface area contributed by atoms with Crippen LogP contribution in [0.25, 0.3) is 0 Å². The molecule has 0 aliphatic carbocycles. The van der Waals surface area contributed by atoms with Gasteiger partial charge in [0, 0.05) is 65.5 Å². The Labute approximate surface area is 202 Å². The molecular weight excluding hydrogens is 450 g/mol. The Morgan fingerprint density at radius 3 is 2.38 bits per heavy atom. The quantitative estimate of drug-likeness (QED) is 0.627. The van der Waals surface area contributed by atoms with E-state index in [0.717, 1.165) is 38.2 Å². The van der Waals surface area contributed by atoms with Gasteiger partial charge in [0.1, 0.15) is 5.88 Å². The van der Waals surface area contributed by atoms with Gasteiger partial charge in [0.05, 0.1) is 11.6 Å². The SMILES string of the molecule is CC(=O)N1CCN(c2ccc3c(c2)CCN(CS(=O)(=O)N(C)Cc2ccc(C#N)cc2)C3)CC1. The van der Waals surface area contributed by atoms with Crippen molar-refractivity contribution in [2.45, 2.75) is 26.4 Å². The zero-order valence-corrected chi connectivity index (χ0v) is 20.6. The van der Waals surface area contributed by atoms with E-state index in [9.17, 15) is 13.2 Å². The standard InChI is InChI=1S/C25H31N5O3S/c1-20(31)29-11-13-30(14-12-29)25-8-7-24-18-28(10-9-23(24)15-25)19-34(32,33)27(2)17-22-5-3-21(16-26)4-6-22/h3-8,15H,9-14,17-19H2,1-2H3. The Kier molecular flexibility index (Phi) is 7.22. The summed E-state index contributed by atoms with van der Waals surface area (Å²) in [5.74, 6) is 0.108. The highest BCUT2D eigenvalue weighted by Gasteiger charge is 2.26. The van der Waals surface area contributed by atoms with Crippen LogP contribution in [0.2, 0.25) is 0 Å². The lowest BCUT2D eigenvalue weighted by molar-refractivity contribution is -0.129. The number of sulfonamides is 1. The number of fused-ring (bicyclic) bond motifs is 1. The van der Waals surface area contributed by atoms with Gasteiger partial charge in [-0.3, -0.25) is 9.69 Å². The fourth-order valence-electron chi connectivity index (χ4n) is 4.55. The molecule has 0 bridgehead atoms. The first-order chi connectivity index (χ1) is 16.2. The maximum absolute atomic E-state index is 13.0. The van der Waals surface area contributed by atoms with E-state index in [1.165, 1.54) is 21.1 Å². The molecule has 0 unspecified atom stereocenters. The molecule has 0 N–H and O–H groups in total. The molecule has 1 amide bonds. The molecule has 1 fully saturated rings. The Hall–Kier alpha value is -2.93. The zero-order chi connectivity index (χ0) is 24.3. The van der Waals surface area contributed by atoms with Gasteiger partial charge in [0.25, 0.3) is 0 Å². The largest absolute Gasteiger partial charge is 0.368 e. The number of rotatable bonds is 6. The third-order valence-electron chi connectivity index (χ3n) is 6.68. The molecule has 1 saturated heterocycles. The van der Waals surface area contributed by atoms with Gasteiger partial charge >= 0.3 is 0 Å². The van der Waals surface area contributed by atoms with Crippen molar-refractivity contribution in [3.05, 3.63) is 64.7 Å². The molecule has 2 heterocycles. The van der Waals surface area contributed by atoms with E-state index in [1.807, 2.05) is 9.80 Å². The van der Waals surface area contributed by atoms with Crippen LogP contribution in [-0.2, 0) is 34.3 Å². The van der Waals surface area contributed by atoms with Crippen LogP contribution in [-0.4, -0.2) is 74.1 Å². The first-order valence-electron chi connectivity index (χ1n) is 11.5. The average Bonchev–Trinajstić information content (AvgIpc) is 2.84. The summed E-state index contributed by atoms with van der Waals surface area (Å²) in [6, 6.07) is 15.5. The topological polar surface area (TPSA) is 88.0 Å². The first-order valence-corrected chi connectivity index (χ1v) is 13.1. The van der Waals surface area contributed by atoms with E-state index in [1.54, 1.807) is 38.2 Å². The van der Waals surface area contributed by atoms with Crippen LogP contribution in [0.3, 0.4) is 0 Å². The fraction of sp³-hybridized carbons (Fsp3) is 0.440. The number of hydrogen-bond donors (Lipinski definition) is 0. The van der Waals surface area contributed by atoms with Crippen LogP contribution in [0.5, 0.6) is 0 Å². The van der Waals surface area contributed by atoms with Gasteiger partial charge in [-0.05, 0) is 47.4 Å². The van der Waals surface area contributed by atoms with E-state index in [4.69, 9.17) is 5.26 Å². The van der Waals surface area contributed by atoms with Crippen molar-refractivity contribution < 1.29 is 13.2 Å². The number of nitriles is 1. The maximum atomic E-state index is 13.0. The molecule has 4 rings (SSSR count). The number of nitrogens with zero attached hydrogens (tertiary/aromatic N) is 5. The monoisotopic (exact) mass is 481 g/mol. The van der Waals surface area contributed by atoms with Crippen molar-refractivity contribution in [3.63, 3.8) is 0 Å². The summed E-state index contributed by atoms with van der Waals surface area (Å²) in [7, 11) is -1.86. The number of amides is 1. The number of carbonyl (C=O) groups is 1. The highest BCUT2D eigenvalue weighted by molar-refractivity contribution is 7.88. The van der Waals surface area contributed by atoms with Crippen molar-refractivity contribution >= 4 is 21.6 Å². The second kappa shape index (κ2) is 10.1. The molecule has 0 saturated carbocycles. The van der Waals surface area contributed by atoms with E-state index >= 15 is 0 Å². The van der Waals surface area contributed by atoms with E-state index < -0.39 is 10.0 Å². The van der Waals surface area contributed by atoms with E-state index in [2.05, 4.69) is 29.2 Å². The lowest BCUT2D eigenvalue weighted by atomic mass is 9.99. The summed E-state index contributed by atoms with van der Waals surface area (Å²) in [4.78, 5) is 17.7. The molecule has 9 heteroatoms. The Balaban J connectivity index is 1.35. The average molecular weight is 482 g/mol. The van der Waals surface area contributed by atoms with Crippen LogP contribution in [0, 0.1) is 11.3 Å². The van der Waals surface area contributed by atoms with Crippen molar-refractivity contribution in [3.8, 4) is 6.07 Å². The predicted octanol–water partition coefficient (Wildman–Crippen LogP) is 2.00. The summed E-state index contributed by atoms with van der Waals surface area (Å²) < 4.78 is 27.3. The van der Waals surface area contributed by atoms with Gasteiger partial charge in [-0.1, -0.05) is 18.2 Å². The summed E-state index contributed by atoms with van der Waals surface area (Å²) in [6.45, 7) is 6.34. The van der Waals surface area contributed by atoms with Gasteiger partial charge in [0.2, 0.25) is 15.9 Å². The number of benzene rings is 2.